The third kappa shape index (κ3) is 2.02. The summed E-state index contributed by atoms with van der Waals surface area (Å²) in [6.45, 7) is 2.81. The molecule has 5 heteroatoms. The maximum Gasteiger partial charge on any atom is 0.423 e. The molecular weight excluding hydrogens is 174 g/mol. The maximum absolute atomic E-state index is 10.4. The van der Waals surface area contributed by atoms with Crippen LogP contribution in [0.4, 0.5) is 5.69 Å². The molecule has 13 heavy (non-hydrogen) atoms. The van der Waals surface area contributed by atoms with Gasteiger partial charge in [-0.3, -0.25) is 10.1 Å². The fourth-order valence-electron chi connectivity index (χ4n) is 0.944. The van der Waals surface area contributed by atoms with Crippen LogP contribution in [0.25, 0.3) is 0 Å². The third-order valence-corrected chi connectivity index (χ3v) is 1.52. The van der Waals surface area contributed by atoms with Gasteiger partial charge in [0.15, 0.2) is 0 Å². The molecule has 1 radical (unpaired) electrons. The van der Waals surface area contributed by atoms with Crippen LogP contribution >= 0.6 is 0 Å². The molecule has 67 valence electrons. The first-order valence-electron chi connectivity index (χ1n) is 3.44. The molecule has 0 atom stereocenters. The number of carbonyl (C=O) groups excluding carboxylic acids is 1. The molecule has 0 N–H and O–H groups in total. The lowest BCUT2D eigenvalue weighted by Crippen LogP contribution is -1.93. The van der Waals surface area contributed by atoms with Gasteiger partial charge in [-0.1, -0.05) is 0 Å². The van der Waals surface area contributed by atoms with Gasteiger partial charge in [0, 0.05) is 11.6 Å². The monoisotopic (exact) mass is 180 g/mol. The van der Waals surface area contributed by atoms with Gasteiger partial charge >= 0.3 is 6.47 Å². The van der Waals surface area contributed by atoms with E-state index in [1.54, 1.807) is 6.92 Å². The Morgan fingerprint density at radius 2 is 2.23 bits per heavy atom. The van der Waals surface area contributed by atoms with E-state index in [1.165, 1.54) is 24.7 Å². The molecular formula is C8H6NO4. The summed E-state index contributed by atoms with van der Waals surface area (Å²) in [5.74, 6) is 0.248. The number of nitrogens with zero attached hydrogens (tertiary/aromatic N) is 1. The fraction of sp³-hybridized carbons (Fsp3) is 0.125. The van der Waals surface area contributed by atoms with Gasteiger partial charge in [-0.2, -0.15) is 0 Å². The summed E-state index contributed by atoms with van der Waals surface area (Å²) in [6.07, 6.45) is 0. The summed E-state index contributed by atoms with van der Waals surface area (Å²) in [5.41, 5.74) is 0.441. The summed E-state index contributed by atoms with van der Waals surface area (Å²) in [7, 11) is 0. The summed E-state index contributed by atoms with van der Waals surface area (Å²) in [4.78, 5) is 19.7. The molecule has 1 rings (SSSR count). The number of hydrogen-bond acceptors (Lipinski definition) is 4. The van der Waals surface area contributed by atoms with Crippen molar-refractivity contribution < 1.29 is 14.5 Å². The summed E-state index contributed by atoms with van der Waals surface area (Å²) < 4.78 is 4.39. The number of hydrogen-bond donors (Lipinski definition) is 0. The van der Waals surface area contributed by atoms with Crippen molar-refractivity contribution in [3.8, 4) is 5.75 Å². The molecule has 0 aliphatic rings. The fourth-order valence-corrected chi connectivity index (χ4v) is 0.944. The van der Waals surface area contributed by atoms with Crippen molar-refractivity contribution in [3.05, 3.63) is 33.9 Å². The lowest BCUT2D eigenvalue weighted by Gasteiger charge is -1.98. The Bertz CT molecular complexity index is 348. The summed E-state index contributed by atoms with van der Waals surface area (Å²) >= 11 is 0. The van der Waals surface area contributed by atoms with Crippen molar-refractivity contribution in [2.24, 2.45) is 0 Å². The Morgan fingerprint density at radius 1 is 1.54 bits per heavy atom. The number of ether oxygens (including phenoxy) is 1. The molecule has 0 amide bonds. The van der Waals surface area contributed by atoms with Gasteiger partial charge in [-0.25, -0.2) is 4.79 Å². The standard InChI is InChI=1S/C8H6NO4/c1-6-4-7(13-5-10)2-3-8(6)9(11)12/h2-4H,1H3. The molecule has 0 bridgehead atoms. The number of benzene rings is 1. The van der Waals surface area contributed by atoms with Gasteiger partial charge in [0.05, 0.1) is 4.92 Å². The molecule has 1 aromatic carbocycles. The Balaban J connectivity index is 3.05. The van der Waals surface area contributed by atoms with Gasteiger partial charge in [0.1, 0.15) is 5.75 Å². The van der Waals surface area contributed by atoms with E-state index >= 15 is 0 Å². The molecule has 0 saturated carbocycles. The largest absolute Gasteiger partial charge is 0.423 e. The van der Waals surface area contributed by atoms with Crippen LogP contribution in [-0.2, 0) is 4.79 Å². The molecule has 1 aromatic rings. The van der Waals surface area contributed by atoms with E-state index in [0.717, 1.165) is 0 Å². The van der Waals surface area contributed by atoms with Gasteiger partial charge < -0.3 is 4.74 Å². The molecule has 0 aliphatic carbocycles. The van der Waals surface area contributed by atoms with E-state index < -0.39 is 4.92 Å². The Hall–Kier alpha value is -1.91. The average Bonchev–Trinajstić information content (AvgIpc) is 2.04. The van der Waals surface area contributed by atoms with Crippen LogP contribution in [0.15, 0.2) is 18.2 Å². The van der Waals surface area contributed by atoms with E-state index in [1.807, 2.05) is 0 Å². The van der Waals surface area contributed by atoms with E-state index in [4.69, 9.17) is 0 Å². The second kappa shape index (κ2) is 3.66. The molecule has 0 spiro atoms. The first-order chi connectivity index (χ1) is 6.15. The number of nitro benzene ring substituents is 1. The highest BCUT2D eigenvalue weighted by Crippen LogP contribution is 2.22. The van der Waals surface area contributed by atoms with E-state index in [-0.39, 0.29) is 11.4 Å². The minimum atomic E-state index is -0.496. The van der Waals surface area contributed by atoms with Crippen molar-refractivity contribution >= 4 is 12.2 Å². The second-order valence-electron chi connectivity index (χ2n) is 2.39. The third-order valence-electron chi connectivity index (χ3n) is 1.52. The van der Waals surface area contributed by atoms with E-state index in [9.17, 15) is 14.9 Å². The topological polar surface area (TPSA) is 69.4 Å². The molecule has 0 aliphatic heterocycles. The zero-order valence-electron chi connectivity index (χ0n) is 6.81. The summed E-state index contributed by atoms with van der Waals surface area (Å²) in [5, 5.41) is 10.4. The van der Waals surface area contributed by atoms with Crippen LogP contribution in [0.1, 0.15) is 5.56 Å². The second-order valence-corrected chi connectivity index (χ2v) is 2.39. The number of aryl methyl sites for hydroxylation is 1. The Morgan fingerprint density at radius 3 is 2.69 bits per heavy atom. The van der Waals surface area contributed by atoms with Crippen molar-refractivity contribution in [1.82, 2.24) is 0 Å². The molecule has 0 saturated heterocycles. The van der Waals surface area contributed by atoms with Crippen molar-refractivity contribution in [3.63, 3.8) is 0 Å². The normalized spacial score (nSPS) is 9.31. The average molecular weight is 180 g/mol. The smallest absolute Gasteiger partial charge is 0.418 e. The zero-order valence-corrected chi connectivity index (χ0v) is 6.81. The van der Waals surface area contributed by atoms with E-state index in [0.29, 0.717) is 5.56 Å². The molecule has 0 aromatic heterocycles. The Labute approximate surface area is 74.1 Å². The predicted octanol–water partition coefficient (Wildman–Crippen LogP) is 1.35. The van der Waals surface area contributed by atoms with Crippen LogP contribution in [0.2, 0.25) is 0 Å². The van der Waals surface area contributed by atoms with E-state index in [2.05, 4.69) is 4.74 Å². The van der Waals surface area contributed by atoms with Gasteiger partial charge in [0.25, 0.3) is 5.69 Å². The first-order valence-corrected chi connectivity index (χ1v) is 3.44. The van der Waals surface area contributed by atoms with Gasteiger partial charge in [0.2, 0.25) is 0 Å². The number of rotatable bonds is 3. The van der Waals surface area contributed by atoms with Crippen molar-refractivity contribution in [2.75, 3.05) is 0 Å². The van der Waals surface area contributed by atoms with Crippen LogP contribution in [0, 0.1) is 17.0 Å². The maximum atomic E-state index is 10.4. The highest BCUT2D eigenvalue weighted by molar-refractivity contribution is 5.50. The highest BCUT2D eigenvalue weighted by atomic mass is 16.6. The Kier molecular flexibility index (Phi) is 2.59. The highest BCUT2D eigenvalue weighted by Gasteiger charge is 2.10. The van der Waals surface area contributed by atoms with Crippen LogP contribution < -0.4 is 4.74 Å². The minimum Gasteiger partial charge on any atom is -0.418 e. The SMILES string of the molecule is Cc1cc(O[C]=O)ccc1[N+](=O)[O-]. The van der Waals surface area contributed by atoms with Gasteiger partial charge in [-0.15, -0.1) is 0 Å². The number of nitro groups is 1. The van der Waals surface area contributed by atoms with Crippen LogP contribution in [0.5, 0.6) is 5.75 Å². The van der Waals surface area contributed by atoms with Crippen LogP contribution in [-0.4, -0.2) is 11.4 Å². The van der Waals surface area contributed by atoms with Gasteiger partial charge in [-0.05, 0) is 19.1 Å². The van der Waals surface area contributed by atoms with Crippen molar-refractivity contribution in [2.45, 2.75) is 6.92 Å². The summed E-state index contributed by atoms with van der Waals surface area (Å²) in [6, 6.07) is 4.03. The molecule has 0 unspecified atom stereocenters. The zero-order chi connectivity index (χ0) is 9.84. The molecule has 5 nitrogen and oxygen atoms in total. The minimum absolute atomic E-state index is 0.00162. The quantitative estimate of drug-likeness (QED) is 0.520. The lowest BCUT2D eigenvalue weighted by molar-refractivity contribution is -0.385. The molecule has 0 heterocycles. The first kappa shape index (κ1) is 9.18. The predicted molar refractivity (Wildman–Crippen MR) is 44.2 cm³/mol. The van der Waals surface area contributed by atoms with Crippen molar-refractivity contribution in [1.29, 1.82) is 0 Å². The molecule has 0 fully saturated rings. The lowest BCUT2D eigenvalue weighted by atomic mass is 10.2. The van der Waals surface area contributed by atoms with Crippen LogP contribution in [0.3, 0.4) is 0 Å².